The summed E-state index contributed by atoms with van der Waals surface area (Å²) in [5, 5.41) is 8.43. The zero-order valence-corrected chi connectivity index (χ0v) is 26.4. The quantitative estimate of drug-likeness (QED) is 0.156. The van der Waals surface area contributed by atoms with Crippen molar-refractivity contribution in [2.45, 2.75) is 136 Å². The Balaban J connectivity index is 2.41. The number of rotatable bonds is 11. The molecule has 0 aliphatic heterocycles. The van der Waals surface area contributed by atoms with Gasteiger partial charge in [0, 0.05) is 6.92 Å². The summed E-state index contributed by atoms with van der Waals surface area (Å²) in [7, 11) is 0. The average Bonchev–Trinajstić information content (AvgIpc) is 2.78. The van der Waals surface area contributed by atoms with E-state index >= 15 is 0 Å². The molecule has 2 atom stereocenters. The van der Waals surface area contributed by atoms with Gasteiger partial charge < -0.3 is 14.8 Å². The SMILES string of the molecule is CCCCCC(Cc1ccccc1)CC(NC(C)=O)C1(N=C(NC(=O)OC(C)(C)C)NC(=O)OC(C)(C)C)CCC1. The normalized spacial score (nSPS) is 15.9. The molecule has 1 fully saturated rings. The summed E-state index contributed by atoms with van der Waals surface area (Å²) >= 11 is 0. The summed E-state index contributed by atoms with van der Waals surface area (Å²) in [4.78, 5) is 42.9. The smallest absolute Gasteiger partial charge is 0.414 e. The first-order chi connectivity index (χ1) is 19.1. The lowest BCUT2D eigenvalue weighted by Crippen LogP contribution is -2.58. The van der Waals surface area contributed by atoms with E-state index in [-0.39, 0.29) is 17.9 Å². The highest BCUT2D eigenvalue weighted by molar-refractivity contribution is 6.01. The highest BCUT2D eigenvalue weighted by Gasteiger charge is 2.46. The van der Waals surface area contributed by atoms with Crippen molar-refractivity contribution in [3.8, 4) is 0 Å². The highest BCUT2D eigenvalue weighted by atomic mass is 16.6. The number of unbranched alkanes of at least 4 members (excludes halogenated alkanes) is 2. The number of amides is 3. The molecule has 0 radical (unpaired) electrons. The number of hydrogen-bond acceptors (Lipinski definition) is 6. The van der Waals surface area contributed by atoms with Gasteiger partial charge >= 0.3 is 12.2 Å². The van der Waals surface area contributed by atoms with E-state index in [9.17, 15) is 14.4 Å². The van der Waals surface area contributed by atoms with E-state index in [1.165, 1.54) is 12.5 Å². The van der Waals surface area contributed by atoms with Gasteiger partial charge in [0.2, 0.25) is 11.9 Å². The Labute approximate surface area is 246 Å². The van der Waals surface area contributed by atoms with Crippen LogP contribution < -0.4 is 16.0 Å². The van der Waals surface area contributed by atoms with Gasteiger partial charge in [-0.15, -0.1) is 0 Å². The molecule has 2 rings (SSSR count). The fourth-order valence-electron chi connectivity index (χ4n) is 5.11. The number of alkyl carbamates (subject to hydrolysis) is 2. The van der Waals surface area contributed by atoms with Gasteiger partial charge in [0.05, 0.1) is 11.6 Å². The Kier molecular flexibility index (Phi) is 12.7. The van der Waals surface area contributed by atoms with Gasteiger partial charge in [-0.3, -0.25) is 15.4 Å². The maximum atomic E-state index is 12.7. The van der Waals surface area contributed by atoms with Crippen molar-refractivity contribution in [2.75, 3.05) is 0 Å². The topological polar surface area (TPSA) is 118 Å². The Hall–Kier alpha value is -3.10. The maximum absolute atomic E-state index is 12.7. The van der Waals surface area contributed by atoms with Crippen LogP contribution in [0.4, 0.5) is 9.59 Å². The molecule has 0 heterocycles. The number of carbonyl (C=O) groups excluding carboxylic acids is 3. The fourth-order valence-corrected chi connectivity index (χ4v) is 5.11. The Morgan fingerprint density at radius 2 is 1.49 bits per heavy atom. The van der Waals surface area contributed by atoms with Crippen molar-refractivity contribution in [1.82, 2.24) is 16.0 Å². The third-order valence-electron chi connectivity index (χ3n) is 6.97. The van der Waals surface area contributed by atoms with Gasteiger partial charge in [-0.25, -0.2) is 14.6 Å². The van der Waals surface area contributed by atoms with E-state index in [1.807, 2.05) is 6.07 Å². The predicted molar refractivity (Wildman–Crippen MR) is 163 cm³/mol. The summed E-state index contributed by atoms with van der Waals surface area (Å²) in [6.45, 7) is 14.3. The Morgan fingerprint density at radius 3 is 1.93 bits per heavy atom. The second-order valence-corrected chi connectivity index (χ2v) is 13.2. The van der Waals surface area contributed by atoms with E-state index in [4.69, 9.17) is 14.5 Å². The molecule has 2 unspecified atom stereocenters. The molecule has 9 nitrogen and oxygen atoms in total. The van der Waals surface area contributed by atoms with Gasteiger partial charge in [0.1, 0.15) is 11.2 Å². The number of nitrogens with zero attached hydrogens (tertiary/aromatic N) is 1. The minimum absolute atomic E-state index is 0.0471. The monoisotopic (exact) mass is 572 g/mol. The number of nitrogens with one attached hydrogen (secondary N) is 3. The van der Waals surface area contributed by atoms with Crippen molar-refractivity contribution in [1.29, 1.82) is 0 Å². The van der Waals surface area contributed by atoms with E-state index in [2.05, 4.69) is 47.1 Å². The number of benzene rings is 1. The number of ether oxygens (including phenoxy) is 2. The van der Waals surface area contributed by atoms with Crippen LogP contribution in [0.15, 0.2) is 35.3 Å². The van der Waals surface area contributed by atoms with Gasteiger partial charge in [-0.1, -0.05) is 62.9 Å². The second-order valence-electron chi connectivity index (χ2n) is 13.2. The van der Waals surface area contributed by atoms with Crippen LogP contribution >= 0.6 is 0 Å². The minimum Gasteiger partial charge on any atom is -0.444 e. The zero-order valence-electron chi connectivity index (χ0n) is 26.4. The lowest BCUT2D eigenvalue weighted by Gasteiger charge is -2.46. The van der Waals surface area contributed by atoms with E-state index in [0.717, 1.165) is 44.9 Å². The molecule has 1 aromatic carbocycles. The molecular formula is C32H52N4O5. The van der Waals surface area contributed by atoms with Gasteiger partial charge in [0.15, 0.2) is 0 Å². The first-order valence-electron chi connectivity index (χ1n) is 15.0. The highest BCUT2D eigenvalue weighted by Crippen LogP contribution is 2.42. The standard InChI is InChI=1S/C32H52N4O5/c1-9-10-12-18-25(21-24-16-13-11-14-17-24)22-26(33-23(2)37)32(19-15-20-32)36-27(34-28(38)40-30(3,4)5)35-29(39)41-31(6,7)8/h11,13-14,16-17,25-26H,9-10,12,15,18-22H2,1-8H3,(H,33,37)(H2,34,35,36,38,39). The van der Waals surface area contributed by atoms with Crippen LogP contribution in [0.1, 0.15) is 112 Å². The van der Waals surface area contributed by atoms with Crippen LogP contribution in [0.5, 0.6) is 0 Å². The van der Waals surface area contributed by atoms with Crippen LogP contribution in [-0.4, -0.2) is 46.8 Å². The zero-order chi connectivity index (χ0) is 30.7. The Morgan fingerprint density at radius 1 is 0.927 bits per heavy atom. The summed E-state index contributed by atoms with van der Waals surface area (Å²) in [5.74, 6) is 0.147. The molecule has 1 aromatic rings. The van der Waals surface area contributed by atoms with Crippen LogP contribution in [0.25, 0.3) is 0 Å². The maximum Gasteiger partial charge on any atom is 0.414 e. The molecule has 3 N–H and O–H groups in total. The minimum atomic E-state index is -0.739. The molecular weight excluding hydrogens is 520 g/mol. The van der Waals surface area contributed by atoms with Gasteiger partial charge in [0.25, 0.3) is 0 Å². The number of guanidine groups is 1. The second kappa shape index (κ2) is 15.2. The first-order valence-corrected chi connectivity index (χ1v) is 15.0. The fraction of sp³-hybridized carbons (Fsp3) is 0.688. The molecule has 0 saturated heterocycles. The lowest BCUT2D eigenvalue weighted by molar-refractivity contribution is -0.120. The van der Waals surface area contributed by atoms with Crippen LogP contribution in [-0.2, 0) is 20.7 Å². The van der Waals surface area contributed by atoms with E-state index in [1.54, 1.807) is 41.5 Å². The van der Waals surface area contributed by atoms with Crippen molar-refractivity contribution >= 4 is 24.1 Å². The molecule has 1 saturated carbocycles. The summed E-state index contributed by atoms with van der Waals surface area (Å²) < 4.78 is 10.9. The molecule has 3 amide bonds. The molecule has 0 bridgehead atoms. The molecule has 1 aliphatic rings. The molecule has 9 heteroatoms. The summed E-state index contributed by atoms with van der Waals surface area (Å²) in [6, 6.07) is 10.1. The molecule has 41 heavy (non-hydrogen) atoms. The average molecular weight is 573 g/mol. The molecule has 0 aromatic heterocycles. The van der Waals surface area contributed by atoms with E-state index < -0.39 is 28.9 Å². The van der Waals surface area contributed by atoms with Crippen LogP contribution in [0.2, 0.25) is 0 Å². The number of aliphatic imine (C=N–C) groups is 1. The number of carbonyl (C=O) groups is 3. The number of hydrogen-bond donors (Lipinski definition) is 3. The van der Waals surface area contributed by atoms with Crippen molar-refractivity contribution in [3.63, 3.8) is 0 Å². The molecule has 1 aliphatic carbocycles. The van der Waals surface area contributed by atoms with Crippen LogP contribution in [0, 0.1) is 5.92 Å². The van der Waals surface area contributed by atoms with Gasteiger partial charge in [-0.2, -0.15) is 0 Å². The lowest BCUT2D eigenvalue weighted by atomic mass is 9.68. The first kappa shape index (κ1) is 34.1. The van der Waals surface area contributed by atoms with Gasteiger partial charge in [-0.05, 0) is 85.1 Å². The third kappa shape index (κ3) is 13.0. The van der Waals surface area contributed by atoms with Crippen molar-refractivity contribution < 1.29 is 23.9 Å². The summed E-state index contributed by atoms with van der Waals surface area (Å²) in [6.07, 6.45) is 6.94. The largest absolute Gasteiger partial charge is 0.444 e. The van der Waals surface area contributed by atoms with Crippen molar-refractivity contribution in [3.05, 3.63) is 35.9 Å². The molecule has 230 valence electrons. The molecule has 0 spiro atoms. The van der Waals surface area contributed by atoms with E-state index in [0.29, 0.717) is 18.8 Å². The predicted octanol–water partition coefficient (Wildman–Crippen LogP) is 6.65. The van der Waals surface area contributed by atoms with Crippen molar-refractivity contribution in [2.24, 2.45) is 10.9 Å². The van der Waals surface area contributed by atoms with Crippen LogP contribution in [0.3, 0.4) is 0 Å². The Bertz CT molecular complexity index is 991. The third-order valence-corrected chi connectivity index (χ3v) is 6.97. The summed E-state index contributed by atoms with van der Waals surface area (Å²) in [5.41, 5.74) is -0.903.